The minimum Gasteiger partial charge on any atom is -0.389 e. The van der Waals surface area contributed by atoms with Crippen molar-refractivity contribution in [3.05, 3.63) is 28.2 Å². The Morgan fingerprint density at radius 3 is 2.89 bits per heavy atom. The Hall–Kier alpha value is -1.07. The van der Waals surface area contributed by atoms with Gasteiger partial charge in [-0.2, -0.15) is 0 Å². The number of hydrogen-bond acceptors (Lipinski definition) is 3. The molecule has 2 rings (SSSR count). The summed E-state index contributed by atoms with van der Waals surface area (Å²) in [5.41, 5.74) is 1.95. The van der Waals surface area contributed by atoms with E-state index in [9.17, 15) is 9.90 Å². The van der Waals surface area contributed by atoms with E-state index in [2.05, 4.69) is 26.1 Å². The molecule has 5 heteroatoms. The third-order valence-corrected chi connectivity index (χ3v) is 3.80. The lowest BCUT2D eigenvalue weighted by Gasteiger charge is -2.23. The fourth-order valence-corrected chi connectivity index (χ4v) is 2.77. The Balaban J connectivity index is 2.18. The SMILES string of the molecule is C[C@@H](O)c1ccc(N2CCNC(=O)CC2)cc1Br. The maximum absolute atomic E-state index is 11.3. The number of halogens is 1. The minimum atomic E-state index is -0.485. The van der Waals surface area contributed by atoms with Gasteiger partial charge in [0, 0.05) is 36.2 Å². The Bertz CT molecular complexity index is 449. The molecule has 0 aliphatic carbocycles. The number of aliphatic hydroxyl groups is 1. The number of rotatable bonds is 2. The molecule has 1 amide bonds. The highest BCUT2D eigenvalue weighted by Gasteiger charge is 2.15. The number of amides is 1. The van der Waals surface area contributed by atoms with Crippen molar-refractivity contribution in [1.82, 2.24) is 5.32 Å². The highest BCUT2D eigenvalue weighted by molar-refractivity contribution is 9.10. The van der Waals surface area contributed by atoms with Crippen molar-refractivity contribution < 1.29 is 9.90 Å². The van der Waals surface area contributed by atoms with Gasteiger partial charge in [-0.3, -0.25) is 4.79 Å². The summed E-state index contributed by atoms with van der Waals surface area (Å²) < 4.78 is 0.901. The molecule has 1 fully saturated rings. The zero-order chi connectivity index (χ0) is 13.1. The number of hydrogen-bond donors (Lipinski definition) is 2. The highest BCUT2D eigenvalue weighted by atomic mass is 79.9. The lowest BCUT2D eigenvalue weighted by atomic mass is 10.1. The van der Waals surface area contributed by atoms with Crippen molar-refractivity contribution in [2.75, 3.05) is 24.5 Å². The number of nitrogens with one attached hydrogen (secondary N) is 1. The topological polar surface area (TPSA) is 52.6 Å². The summed E-state index contributed by atoms with van der Waals surface area (Å²) >= 11 is 3.48. The van der Waals surface area contributed by atoms with E-state index in [1.165, 1.54) is 0 Å². The Morgan fingerprint density at radius 1 is 1.44 bits per heavy atom. The number of nitrogens with zero attached hydrogens (tertiary/aromatic N) is 1. The van der Waals surface area contributed by atoms with E-state index in [-0.39, 0.29) is 5.91 Å². The second kappa shape index (κ2) is 5.71. The Morgan fingerprint density at radius 2 is 2.22 bits per heavy atom. The third-order valence-electron chi connectivity index (χ3n) is 3.11. The third kappa shape index (κ3) is 3.03. The second-order valence-electron chi connectivity index (χ2n) is 4.47. The number of anilines is 1. The van der Waals surface area contributed by atoms with Gasteiger partial charge in [-0.1, -0.05) is 22.0 Å². The average molecular weight is 313 g/mol. The van der Waals surface area contributed by atoms with Crippen LogP contribution in [0.1, 0.15) is 25.0 Å². The van der Waals surface area contributed by atoms with Crippen LogP contribution >= 0.6 is 15.9 Å². The lowest BCUT2D eigenvalue weighted by Crippen LogP contribution is -2.28. The first-order valence-corrected chi connectivity index (χ1v) is 6.86. The van der Waals surface area contributed by atoms with Crippen LogP contribution in [0.15, 0.2) is 22.7 Å². The molecule has 1 saturated heterocycles. The first-order valence-electron chi connectivity index (χ1n) is 6.07. The summed E-state index contributed by atoms with van der Waals surface area (Å²) in [6.07, 6.45) is 0.0382. The van der Waals surface area contributed by atoms with Crippen molar-refractivity contribution in [2.24, 2.45) is 0 Å². The van der Waals surface area contributed by atoms with E-state index >= 15 is 0 Å². The quantitative estimate of drug-likeness (QED) is 0.876. The van der Waals surface area contributed by atoms with Crippen LogP contribution in [0, 0.1) is 0 Å². The van der Waals surface area contributed by atoms with Crippen molar-refractivity contribution in [1.29, 1.82) is 0 Å². The summed E-state index contributed by atoms with van der Waals surface area (Å²) in [4.78, 5) is 13.5. The van der Waals surface area contributed by atoms with Crippen LogP contribution in [0.4, 0.5) is 5.69 Å². The predicted octanol–water partition coefficient (Wildman–Crippen LogP) is 1.83. The number of carbonyl (C=O) groups excluding carboxylic acids is 1. The van der Waals surface area contributed by atoms with Gasteiger partial charge in [0.1, 0.15) is 0 Å². The maximum Gasteiger partial charge on any atom is 0.221 e. The van der Waals surface area contributed by atoms with Crippen LogP contribution in [0.3, 0.4) is 0 Å². The van der Waals surface area contributed by atoms with E-state index in [1.54, 1.807) is 6.92 Å². The summed E-state index contributed by atoms with van der Waals surface area (Å²) in [7, 11) is 0. The van der Waals surface area contributed by atoms with Crippen LogP contribution in [0.5, 0.6) is 0 Å². The zero-order valence-electron chi connectivity index (χ0n) is 10.3. The average Bonchev–Trinajstić information content (AvgIpc) is 2.53. The van der Waals surface area contributed by atoms with E-state index in [0.29, 0.717) is 13.0 Å². The zero-order valence-corrected chi connectivity index (χ0v) is 11.9. The summed E-state index contributed by atoms with van der Waals surface area (Å²) in [6, 6.07) is 5.91. The monoisotopic (exact) mass is 312 g/mol. The van der Waals surface area contributed by atoms with E-state index in [1.807, 2.05) is 18.2 Å². The van der Waals surface area contributed by atoms with Gasteiger partial charge in [0.2, 0.25) is 5.91 Å². The highest BCUT2D eigenvalue weighted by Crippen LogP contribution is 2.28. The Labute approximate surface area is 115 Å². The van der Waals surface area contributed by atoms with E-state index in [4.69, 9.17) is 0 Å². The van der Waals surface area contributed by atoms with Gasteiger partial charge in [-0.05, 0) is 24.6 Å². The first-order chi connectivity index (χ1) is 8.58. The molecule has 1 aromatic rings. The molecular formula is C13H17BrN2O2. The van der Waals surface area contributed by atoms with Gasteiger partial charge in [0.25, 0.3) is 0 Å². The van der Waals surface area contributed by atoms with Crippen LogP contribution in [-0.4, -0.2) is 30.6 Å². The molecule has 1 heterocycles. The van der Waals surface area contributed by atoms with Crippen LogP contribution in [0.25, 0.3) is 0 Å². The van der Waals surface area contributed by atoms with Gasteiger partial charge < -0.3 is 15.3 Å². The number of carbonyl (C=O) groups is 1. The molecule has 1 aliphatic rings. The first kappa shape index (κ1) is 13.4. The fraction of sp³-hybridized carbons (Fsp3) is 0.462. The fourth-order valence-electron chi connectivity index (χ4n) is 2.08. The van der Waals surface area contributed by atoms with E-state index < -0.39 is 6.10 Å². The molecule has 1 atom stereocenters. The number of aliphatic hydroxyl groups excluding tert-OH is 1. The molecular weight excluding hydrogens is 296 g/mol. The summed E-state index contributed by atoms with van der Waals surface area (Å²) in [6.45, 7) is 3.96. The van der Waals surface area contributed by atoms with Gasteiger partial charge in [0.05, 0.1) is 6.10 Å². The van der Waals surface area contributed by atoms with Gasteiger partial charge in [0.15, 0.2) is 0 Å². The van der Waals surface area contributed by atoms with Gasteiger partial charge >= 0.3 is 0 Å². The molecule has 0 bridgehead atoms. The predicted molar refractivity (Wildman–Crippen MR) is 74.6 cm³/mol. The van der Waals surface area contributed by atoms with Gasteiger partial charge in [-0.15, -0.1) is 0 Å². The largest absolute Gasteiger partial charge is 0.389 e. The van der Waals surface area contributed by atoms with Crippen molar-refractivity contribution in [2.45, 2.75) is 19.4 Å². The van der Waals surface area contributed by atoms with Gasteiger partial charge in [-0.25, -0.2) is 0 Å². The normalized spacial score (nSPS) is 18.2. The number of benzene rings is 1. The smallest absolute Gasteiger partial charge is 0.221 e. The van der Waals surface area contributed by atoms with Crippen molar-refractivity contribution in [3.63, 3.8) is 0 Å². The van der Waals surface area contributed by atoms with E-state index in [0.717, 1.165) is 28.8 Å². The molecule has 0 saturated carbocycles. The molecule has 1 aliphatic heterocycles. The lowest BCUT2D eigenvalue weighted by molar-refractivity contribution is -0.120. The molecule has 0 radical (unpaired) electrons. The second-order valence-corrected chi connectivity index (χ2v) is 5.32. The molecule has 1 aromatic carbocycles. The minimum absolute atomic E-state index is 0.108. The standard InChI is InChI=1S/C13H17BrN2O2/c1-9(17)11-3-2-10(8-12(11)14)16-6-4-13(18)15-5-7-16/h2-3,8-9,17H,4-7H2,1H3,(H,15,18)/t9-/m1/s1. The maximum atomic E-state index is 11.3. The summed E-state index contributed by atoms with van der Waals surface area (Å²) in [5, 5.41) is 12.4. The van der Waals surface area contributed by atoms with Crippen molar-refractivity contribution >= 4 is 27.5 Å². The molecule has 0 unspecified atom stereocenters. The van der Waals surface area contributed by atoms with Crippen molar-refractivity contribution in [3.8, 4) is 0 Å². The molecule has 4 nitrogen and oxygen atoms in total. The van der Waals surface area contributed by atoms with Crippen LogP contribution in [-0.2, 0) is 4.79 Å². The van der Waals surface area contributed by atoms with Crippen LogP contribution < -0.4 is 10.2 Å². The molecule has 2 N–H and O–H groups in total. The molecule has 18 heavy (non-hydrogen) atoms. The Kier molecular flexibility index (Phi) is 4.24. The molecule has 98 valence electrons. The summed E-state index contributed by atoms with van der Waals surface area (Å²) in [5.74, 6) is 0.108. The molecule has 0 spiro atoms. The molecule has 0 aromatic heterocycles. The van der Waals surface area contributed by atoms with Crippen LogP contribution in [0.2, 0.25) is 0 Å².